The fourth-order valence-corrected chi connectivity index (χ4v) is 2.34. The van der Waals surface area contributed by atoms with Gasteiger partial charge < -0.3 is 19.3 Å². The van der Waals surface area contributed by atoms with Gasteiger partial charge in [-0.15, -0.1) is 0 Å². The van der Waals surface area contributed by atoms with Gasteiger partial charge in [0.2, 0.25) is 11.8 Å². The lowest BCUT2D eigenvalue weighted by Gasteiger charge is -2.14. The second kappa shape index (κ2) is 5.57. The SMILES string of the molecule is COc1cnc(C(O)c2ccc3c(c2)CCO3)c(OC)n1. The summed E-state index contributed by atoms with van der Waals surface area (Å²) in [7, 11) is 2.98. The van der Waals surface area contributed by atoms with Gasteiger partial charge in [-0.25, -0.2) is 4.98 Å². The number of rotatable bonds is 4. The second-order valence-corrected chi connectivity index (χ2v) is 4.68. The molecule has 1 atom stereocenters. The predicted molar refractivity (Wildman–Crippen MR) is 74.8 cm³/mol. The van der Waals surface area contributed by atoms with Crippen LogP contribution < -0.4 is 14.2 Å². The summed E-state index contributed by atoms with van der Waals surface area (Å²) in [5.74, 6) is 1.46. The summed E-state index contributed by atoms with van der Waals surface area (Å²) in [5, 5.41) is 10.5. The van der Waals surface area contributed by atoms with E-state index in [4.69, 9.17) is 14.2 Å². The molecule has 6 nitrogen and oxygen atoms in total. The molecular formula is C15H16N2O4. The van der Waals surface area contributed by atoms with Gasteiger partial charge in [0.05, 0.1) is 27.0 Å². The van der Waals surface area contributed by atoms with Crippen LogP contribution in [0.2, 0.25) is 0 Å². The van der Waals surface area contributed by atoms with Gasteiger partial charge in [-0.3, -0.25) is 0 Å². The van der Waals surface area contributed by atoms with Crippen molar-refractivity contribution in [2.24, 2.45) is 0 Å². The quantitative estimate of drug-likeness (QED) is 0.919. The summed E-state index contributed by atoms with van der Waals surface area (Å²) in [4.78, 5) is 8.33. The van der Waals surface area contributed by atoms with Crippen molar-refractivity contribution in [2.75, 3.05) is 20.8 Å². The molecule has 1 aromatic heterocycles. The van der Waals surface area contributed by atoms with E-state index in [0.717, 1.165) is 23.3 Å². The highest BCUT2D eigenvalue weighted by Crippen LogP contribution is 2.32. The molecule has 1 aliphatic heterocycles. The number of aliphatic hydroxyl groups excluding tert-OH is 1. The van der Waals surface area contributed by atoms with Crippen molar-refractivity contribution in [3.05, 3.63) is 41.2 Å². The maximum atomic E-state index is 10.5. The highest BCUT2D eigenvalue weighted by Gasteiger charge is 2.21. The minimum absolute atomic E-state index is 0.249. The van der Waals surface area contributed by atoms with Gasteiger partial charge in [0.25, 0.3) is 0 Å². The standard InChI is InChI=1S/C15H16N2O4/c1-19-12-8-16-13(15(17-12)20-2)14(18)10-3-4-11-9(7-10)5-6-21-11/h3-4,7-8,14,18H,5-6H2,1-2H3. The lowest BCUT2D eigenvalue weighted by atomic mass is 10.0. The Hall–Kier alpha value is -2.34. The zero-order valence-corrected chi connectivity index (χ0v) is 11.9. The van der Waals surface area contributed by atoms with E-state index in [2.05, 4.69) is 9.97 Å². The number of aromatic nitrogens is 2. The third-order valence-electron chi connectivity index (χ3n) is 3.44. The maximum Gasteiger partial charge on any atom is 0.241 e. The molecule has 1 unspecified atom stereocenters. The van der Waals surface area contributed by atoms with E-state index in [1.807, 2.05) is 18.2 Å². The van der Waals surface area contributed by atoms with E-state index in [1.165, 1.54) is 20.4 Å². The number of hydrogen-bond donors (Lipinski definition) is 1. The van der Waals surface area contributed by atoms with E-state index in [0.29, 0.717) is 18.2 Å². The lowest BCUT2D eigenvalue weighted by molar-refractivity contribution is 0.206. The highest BCUT2D eigenvalue weighted by molar-refractivity contribution is 5.43. The first-order valence-corrected chi connectivity index (χ1v) is 6.61. The van der Waals surface area contributed by atoms with Crippen LogP contribution in [-0.4, -0.2) is 35.9 Å². The van der Waals surface area contributed by atoms with Gasteiger partial charge >= 0.3 is 0 Å². The molecule has 1 aliphatic rings. The Kier molecular flexibility index (Phi) is 3.62. The van der Waals surface area contributed by atoms with E-state index < -0.39 is 6.10 Å². The van der Waals surface area contributed by atoms with Crippen molar-refractivity contribution in [3.8, 4) is 17.5 Å². The summed E-state index contributed by atoms with van der Waals surface area (Å²) >= 11 is 0. The van der Waals surface area contributed by atoms with Gasteiger partial charge in [-0.2, -0.15) is 4.98 Å². The number of nitrogens with zero attached hydrogens (tertiary/aromatic N) is 2. The molecule has 0 aliphatic carbocycles. The van der Waals surface area contributed by atoms with E-state index >= 15 is 0 Å². The molecule has 0 fully saturated rings. The summed E-state index contributed by atoms with van der Waals surface area (Å²) in [6.45, 7) is 0.681. The number of aliphatic hydroxyl groups is 1. The Balaban J connectivity index is 1.96. The molecule has 1 N–H and O–H groups in total. The first kappa shape index (κ1) is 13.6. The van der Waals surface area contributed by atoms with Crippen LogP contribution in [0.5, 0.6) is 17.5 Å². The van der Waals surface area contributed by atoms with Crippen molar-refractivity contribution >= 4 is 0 Å². The lowest BCUT2D eigenvalue weighted by Crippen LogP contribution is -2.07. The molecule has 2 heterocycles. The smallest absolute Gasteiger partial charge is 0.241 e. The highest BCUT2D eigenvalue weighted by atomic mass is 16.5. The molecule has 3 rings (SSSR count). The van der Waals surface area contributed by atoms with Crippen LogP contribution in [0, 0.1) is 0 Å². The monoisotopic (exact) mass is 288 g/mol. The molecule has 0 saturated carbocycles. The number of methoxy groups -OCH3 is 2. The van der Waals surface area contributed by atoms with Crippen LogP contribution in [0.4, 0.5) is 0 Å². The Morgan fingerprint density at radius 1 is 1.29 bits per heavy atom. The summed E-state index contributed by atoms with van der Waals surface area (Å²) in [6, 6.07) is 5.61. The summed E-state index contributed by atoms with van der Waals surface area (Å²) in [6.07, 6.45) is 1.39. The van der Waals surface area contributed by atoms with Crippen LogP contribution >= 0.6 is 0 Å². The largest absolute Gasteiger partial charge is 0.493 e. The fraction of sp³-hybridized carbons (Fsp3) is 0.333. The topological polar surface area (TPSA) is 73.7 Å². The zero-order valence-electron chi connectivity index (χ0n) is 11.9. The zero-order chi connectivity index (χ0) is 14.8. The van der Waals surface area contributed by atoms with E-state index in [-0.39, 0.29) is 5.88 Å². The third-order valence-corrected chi connectivity index (χ3v) is 3.44. The molecule has 1 aromatic carbocycles. The van der Waals surface area contributed by atoms with Gasteiger partial charge in [0.1, 0.15) is 17.5 Å². The number of hydrogen-bond acceptors (Lipinski definition) is 6. The van der Waals surface area contributed by atoms with Crippen LogP contribution in [0.1, 0.15) is 22.9 Å². The Labute approximate surface area is 122 Å². The van der Waals surface area contributed by atoms with Crippen molar-refractivity contribution in [1.29, 1.82) is 0 Å². The average Bonchev–Trinajstić information content (AvgIpc) is 3.01. The molecule has 0 saturated heterocycles. The van der Waals surface area contributed by atoms with Crippen molar-refractivity contribution in [3.63, 3.8) is 0 Å². The van der Waals surface area contributed by atoms with Crippen LogP contribution in [0.15, 0.2) is 24.4 Å². The van der Waals surface area contributed by atoms with E-state index in [1.54, 1.807) is 0 Å². The minimum Gasteiger partial charge on any atom is -0.493 e. The number of fused-ring (bicyclic) bond motifs is 1. The minimum atomic E-state index is -0.913. The van der Waals surface area contributed by atoms with E-state index in [9.17, 15) is 5.11 Å². The van der Waals surface area contributed by atoms with Crippen LogP contribution in [0.25, 0.3) is 0 Å². The third kappa shape index (κ3) is 2.50. The molecule has 0 bridgehead atoms. The van der Waals surface area contributed by atoms with Crippen LogP contribution in [-0.2, 0) is 6.42 Å². The number of benzene rings is 1. The molecular weight excluding hydrogens is 272 g/mol. The second-order valence-electron chi connectivity index (χ2n) is 4.68. The molecule has 0 spiro atoms. The Bertz CT molecular complexity index is 660. The average molecular weight is 288 g/mol. The summed E-state index contributed by atoms with van der Waals surface area (Å²) in [5.41, 5.74) is 2.18. The molecule has 6 heteroatoms. The van der Waals surface area contributed by atoms with Gasteiger partial charge in [-0.05, 0) is 23.3 Å². The Morgan fingerprint density at radius 2 is 2.14 bits per heavy atom. The molecule has 0 radical (unpaired) electrons. The van der Waals surface area contributed by atoms with Crippen molar-refractivity contribution in [1.82, 2.24) is 9.97 Å². The van der Waals surface area contributed by atoms with Crippen molar-refractivity contribution in [2.45, 2.75) is 12.5 Å². The first-order chi connectivity index (χ1) is 10.2. The normalized spacial score (nSPS) is 14.2. The first-order valence-electron chi connectivity index (χ1n) is 6.61. The van der Waals surface area contributed by atoms with Gasteiger partial charge in [0.15, 0.2) is 0 Å². The maximum absolute atomic E-state index is 10.5. The van der Waals surface area contributed by atoms with Crippen LogP contribution in [0.3, 0.4) is 0 Å². The van der Waals surface area contributed by atoms with Gasteiger partial charge in [0, 0.05) is 6.42 Å². The molecule has 110 valence electrons. The predicted octanol–water partition coefficient (Wildman–Crippen LogP) is 1.51. The van der Waals surface area contributed by atoms with Crippen molar-refractivity contribution < 1.29 is 19.3 Å². The molecule has 21 heavy (non-hydrogen) atoms. The Morgan fingerprint density at radius 3 is 2.90 bits per heavy atom. The molecule has 2 aromatic rings. The molecule has 0 amide bonds. The number of ether oxygens (including phenoxy) is 3. The fourth-order valence-electron chi connectivity index (χ4n) is 2.34. The summed E-state index contributed by atoms with van der Waals surface area (Å²) < 4.78 is 15.7. The van der Waals surface area contributed by atoms with Gasteiger partial charge in [-0.1, -0.05) is 6.07 Å².